The highest BCUT2D eigenvalue weighted by Gasteiger charge is 2.20. The van der Waals surface area contributed by atoms with E-state index in [0.29, 0.717) is 12.0 Å². The Balaban J connectivity index is 2.12. The number of aromatic nitrogens is 2. The number of piperidine rings is 1. The zero-order valence-corrected chi connectivity index (χ0v) is 10.9. The number of nitrogens with zero attached hydrogens (tertiary/aromatic N) is 3. The van der Waals surface area contributed by atoms with E-state index in [1.807, 2.05) is 0 Å². The Hall–Kier alpha value is -0.830. The van der Waals surface area contributed by atoms with Crippen LogP contribution in [0.15, 0.2) is 6.20 Å². The molecule has 0 atom stereocenters. The Morgan fingerprint density at radius 1 is 1.31 bits per heavy atom. The molecule has 1 aliphatic rings. The fourth-order valence-corrected chi connectivity index (χ4v) is 2.51. The molecule has 0 saturated carbocycles. The van der Waals surface area contributed by atoms with E-state index in [-0.39, 0.29) is 0 Å². The Morgan fingerprint density at radius 2 is 1.94 bits per heavy atom. The van der Waals surface area contributed by atoms with Gasteiger partial charge < -0.3 is 4.90 Å². The quantitative estimate of drug-likeness (QED) is 0.765. The molecule has 0 radical (unpaired) electrons. The molecule has 0 aromatic carbocycles. The molecule has 3 nitrogen and oxygen atoms in total. The summed E-state index contributed by atoms with van der Waals surface area (Å²) < 4.78 is 2.21. The van der Waals surface area contributed by atoms with Crippen LogP contribution in [0.3, 0.4) is 0 Å². The summed E-state index contributed by atoms with van der Waals surface area (Å²) in [5.74, 6) is 0.535. The van der Waals surface area contributed by atoms with Crippen molar-refractivity contribution < 1.29 is 0 Å². The van der Waals surface area contributed by atoms with Crippen LogP contribution in [-0.2, 0) is 0 Å². The zero-order valence-electron chi connectivity index (χ0n) is 10.9. The first-order valence-electron chi connectivity index (χ1n) is 6.32. The van der Waals surface area contributed by atoms with E-state index in [0.717, 1.165) is 0 Å². The van der Waals surface area contributed by atoms with Gasteiger partial charge in [0.05, 0.1) is 11.7 Å². The van der Waals surface area contributed by atoms with Crippen molar-refractivity contribution >= 4 is 0 Å². The molecule has 0 N–H and O–H groups in total. The second-order valence-electron chi connectivity index (χ2n) is 5.37. The van der Waals surface area contributed by atoms with Crippen LogP contribution in [0.25, 0.3) is 0 Å². The third kappa shape index (κ3) is 2.29. The van der Waals surface area contributed by atoms with Crippen molar-refractivity contribution in [3.63, 3.8) is 0 Å². The third-order valence-electron chi connectivity index (χ3n) is 3.56. The number of rotatable bonds is 2. The molecule has 0 unspecified atom stereocenters. The SMILES string of the molecule is Cc1cn(C2CCN(C)CC2)nc1C(C)C. The predicted octanol–water partition coefficient (Wildman–Crippen LogP) is 2.58. The molecule has 3 heteroatoms. The normalized spacial score (nSPS) is 19.6. The maximum absolute atomic E-state index is 4.76. The van der Waals surface area contributed by atoms with Gasteiger partial charge in [-0.1, -0.05) is 13.8 Å². The van der Waals surface area contributed by atoms with Crippen LogP contribution in [0.5, 0.6) is 0 Å². The largest absolute Gasteiger partial charge is 0.306 e. The summed E-state index contributed by atoms with van der Waals surface area (Å²) in [6.45, 7) is 9.00. The van der Waals surface area contributed by atoms with Crippen molar-refractivity contribution in [1.29, 1.82) is 0 Å². The summed E-state index contributed by atoms with van der Waals surface area (Å²) in [6, 6.07) is 0.613. The van der Waals surface area contributed by atoms with Gasteiger partial charge in [-0.3, -0.25) is 4.68 Å². The second kappa shape index (κ2) is 4.58. The van der Waals surface area contributed by atoms with Crippen molar-refractivity contribution in [3.8, 4) is 0 Å². The first-order valence-corrected chi connectivity index (χ1v) is 6.32. The van der Waals surface area contributed by atoms with Gasteiger partial charge in [-0.05, 0) is 51.4 Å². The highest BCUT2D eigenvalue weighted by Crippen LogP contribution is 2.24. The summed E-state index contributed by atoms with van der Waals surface area (Å²) in [5, 5.41) is 4.76. The van der Waals surface area contributed by atoms with Crippen molar-refractivity contribution in [3.05, 3.63) is 17.5 Å². The topological polar surface area (TPSA) is 21.1 Å². The molecule has 0 spiro atoms. The average Bonchev–Trinajstić information content (AvgIpc) is 2.61. The summed E-state index contributed by atoms with van der Waals surface area (Å²) in [6.07, 6.45) is 4.69. The Bertz CT molecular complexity index is 346. The van der Waals surface area contributed by atoms with E-state index >= 15 is 0 Å². The number of hydrogen-bond donors (Lipinski definition) is 0. The average molecular weight is 221 g/mol. The molecular weight excluding hydrogens is 198 g/mol. The molecule has 1 aromatic heterocycles. The van der Waals surface area contributed by atoms with Gasteiger partial charge in [0.1, 0.15) is 0 Å². The predicted molar refractivity (Wildman–Crippen MR) is 66.8 cm³/mol. The molecule has 1 aliphatic heterocycles. The molecular formula is C13H23N3. The smallest absolute Gasteiger partial charge is 0.0679 e. The second-order valence-corrected chi connectivity index (χ2v) is 5.37. The Kier molecular flexibility index (Phi) is 3.33. The van der Waals surface area contributed by atoms with Crippen molar-refractivity contribution in [2.45, 2.75) is 45.6 Å². The zero-order chi connectivity index (χ0) is 11.7. The van der Waals surface area contributed by atoms with Crippen LogP contribution in [0.2, 0.25) is 0 Å². The van der Waals surface area contributed by atoms with Crippen LogP contribution in [0.4, 0.5) is 0 Å². The minimum Gasteiger partial charge on any atom is -0.306 e. The van der Waals surface area contributed by atoms with Crippen LogP contribution in [0, 0.1) is 6.92 Å². The monoisotopic (exact) mass is 221 g/mol. The van der Waals surface area contributed by atoms with Gasteiger partial charge in [-0.2, -0.15) is 5.10 Å². The van der Waals surface area contributed by atoms with Gasteiger partial charge >= 0.3 is 0 Å². The molecule has 0 amide bonds. The number of likely N-dealkylation sites (tertiary alicyclic amines) is 1. The van der Waals surface area contributed by atoms with Gasteiger partial charge in [0.15, 0.2) is 0 Å². The number of hydrogen-bond acceptors (Lipinski definition) is 2. The third-order valence-corrected chi connectivity index (χ3v) is 3.56. The van der Waals surface area contributed by atoms with Gasteiger partial charge in [-0.25, -0.2) is 0 Å². The summed E-state index contributed by atoms with van der Waals surface area (Å²) in [4.78, 5) is 2.40. The lowest BCUT2D eigenvalue weighted by atomic mass is 10.1. The molecule has 90 valence electrons. The molecule has 1 saturated heterocycles. The van der Waals surface area contributed by atoms with Crippen LogP contribution in [-0.4, -0.2) is 34.8 Å². The molecule has 1 aromatic rings. The maximum Gasteiger partial charge on any atom is 0.0679 e. The first-order chi connectivity index (χ1) is 7.58. The molecule has 2 heterocycles. The lowest BCUT2D eigenvalue weighted by Gasteiger charge is -2.29. The van der Waals surface area contributed by atoms with E-state index in [9.17, 15) is 0 Å². The van der Waals surface area contributed by atoms with E-state index in [1.165, 1.54) is 37.2 Å². The molecule has 0 aliphatic carbocycles. The van der Waals surface area contributed by atoms with E-state index in [1.54, 1.807) is 0 Å². The molecule has 0 bridgehead atoms. The van der Waals surface area contributed by atoms with Crippen molar-refractivity contribution in [2.75, 3.05) is 20.1 Å². The molecule has 16 heavy (non-hydrogen) atoms. The maximum atomic E-state index is 4.76. The van der Waals surface area contributed by atoms with Gasteiger partial charge in [0.2, 0.25) is 0 Å². The van der Waals surface area contributed by atoms with Crippen LogP contribution >= 0.6 is 0 Å². The van der Waals surface area contributed by atoms with E-state index in [2.05, 4.69) is 43.6 Å². The minimum atomic E-state index is 0.535. The lowest BCUT2D eigenvalue weighted by molar-refractivity contribution is 0.212. The molecule has 1 fully saturated rings. The Labute approximate surface area is 98.4 Å². The first kappa shape index (κ1) is 11.6. The minimum absolute atomic E-state index is 0.535. The van der Waals surface area contributed by atoms with E-state index in [4.69, 9.17) is 5.10 Å². The number of aryl methyl sites for hydroxylation is 1. The summed E-state index contributed by atoms with van der Waals surface area (Å²) in [7, 11) is 2.20. The fourth-order valence-electron chi connectivity index (χ4n) is 2.51. The fraction of sp³-hybridized carbons (Fsp3) is 0.769. The van der Waals surface area contributed by atoms with Crippen LogP contribution in [0.1, 0.15) is 49.9 Å². The van der Waals surface area contributed by atoms with Gasteiger partial charge in [0.25, 0.3) is 0 Å². The highest BCUT2D eigenvalue weighted by molar-refractivity contribution is 5.18. The van der Waals surface area contributed by atoms with Gasteiger partial charge in [-0.15, -0.1) is 0 Å². The lowest BCUT2D eigenvalue weighted by Crippen LogP contribution is -2.31. The van der Waals surface area contributed by atoms with Crippen molar-refractivity contribution in [2.24, 2.45) is 0 Å². The van der Waals surface area contributed by atoms with E-state index < -0.39 is 0 Å². The van der Waals surface area contributed by atoms with Crippen LogP contribution < -0.4 is 0 Å². The Morgan fingerprint density at radius 3 is 2.44 bits per heavy atom. The summed E-state index contributed by atoms with van der Waals surface area (Å²) >= 11 is 0. The van der Waals surface area contributed by atoms with Crippen molar-refractivity contribution in [1.82, 2.24) is 14.7 Å². The highest BCUT2D eigenvalue weighted by atomic mass is 15.3. The summed E-state index contributed by atoms with van der Waals surface area (Å²) in [5.41, 5.74) is 2.60. The van der Waals surface area contributed by atoms with Gasteiger partial charge in [0, 0.05) is 6.20 Å². The molecule has 2 rings (SSSR count). The standard InChI is InChI=1S/C13H23N3/c1-10(2)13-11(3)9-16(14-13)12-5-7-15(4)8-6-12/h9-10,12H,5-8H2,1-4H3.